The third kappa shape index (κ3) is 6.70. The first-order chi connectivity index (χ1) is 20.5. The minimum atomic E-state index is -5.19. The Morgan fingerprint density at radius 1 is 1.02 bits per heavy atom. The van der Waals surface area contributed by atoms with Crippen molar-refractivity contribution in [2.75, 3.05) is 19.6 Å². The van der Waals surface area contributed by atoms with Gasteiger partial charge in [0.25, 0.3) is 5.15 Å². The summed E-state index contributed by atoms with van der Waals surface area (Å²) >= 11 is 6.22. The fourth-order valence-electron chi connectivity index (χ4n) is 8.08. The molecule has 1 saturated carbocycles. The lowest BCUT2D eigenvalue weighted by Gasteiger charge is -2.47. The second-order valence-corrected chi connectivity index (χ2v) is 12.9. The number of aromatic amines is 1. The average molecular weight is 625 g/mol. The number of aliphatic carboxylic acids is 1. The Kier molecular flexibility index (Phi) is 9.66. The number of pyridine rings is 1. The largest absolute Gasteiger partial charge is 0.542 e. The molecule has 3 N–H and O–H groups in total. The Bertz CT molecular complexity index is 1290. The van der Waals surface area contributed by atoms with Crippen LogP contribution in [0.5, 0.6) is 0 Å². The van der Waals surface area contributed by atoms with Gasteiger partial charge in [0.05, 0.1) is 18.5 Å². The van der Waals surface area contributed by atoms with Gasteiger partial charge >= 0.3 is 6.18 Å². The molecule has 4 aliphatic rings. The van der Waals surface area contributed by atoms with Gasteiger partial charge in [-0.15, -0.1) is 0 Å². The van der Waals surface area contributed by atoms with Crippen molar-refractivity contribution in [3.05, 3.63) is 64.4 Å². The topological polar surface area (TPSA) is 91.2 Å². The smallest absolute Gasteiger partial charge is 0.430 e. The number of halogens is 5. The first-order valence-corrected chi connectivity index (χ1v) is 15.7. The quantitative estimate of drug-likeness (QED) is 0.413. The molecule has 5 atom stereocenters. The van der Waals surface area contributed by atoms with Gasteiger partial charge in [0.1, 0.15) is 11.9 Å². The second kappa shape index (κ2) is 13.1. The molecular formula is C32H39ClF4N3O3+. The summed E-state index contributed by atoms with van der Waals surface area (Å²) in [5.41, 5.74) is 2.67. The number of piperidine rings is 1. The number of carbonyl (C=O) groups is 2. The van der Waals surface area contributed by atoms with Gasteiger partial charge in [-0.1, -0.05) is 49.6 Å². The van der Waals surface area contributed by atoms with Crippen molar-refractivity contribution in [3.8, 4) is 0 Å². The van der Waals surface area contributed by atoms with Gasteiger partial charge in [-0.3, -0.25) is 4.79 Å². The van der Waals surface area contributed by atoms with E-state index in [2.05, 4.69) is 45.5 Å². The maximum absolute atomic E-state index is 15.0. The lowest BCUT2D eigenvalue weighted by Crippen LogP contribution is -2.82. The number of nitrogens with two attached hydrogens (primary N) is 1. The van der Waals surface area contributed by atoms with Gasteiger partial charge in [0.2, 0.25) is 11.6 Å². The van der Waals surface area contributed by atoms with E-state index in [0.29, 0.717) is 41.1 Å². The number of alkyl halides is 4. The number of carbonyl (C=O) groups excluding carboxylic acids is 2. The number of hydrogen-bond donors (Lipinski definition) is 1. The summed E-state index contributed by atoms with van der Waals surface area (Å²) in [6, 6.07) is 15.0. The molecule has 0 radical (unpaired) electrons. The van der Waals surface area contributed by atoms with Gasteiger partial charge in [0.15, 0.2) is 6.17 Å². The number of hydrogen-bond acceptors (Lipinski definition) is 3. The molecular weight excluding hydrogens is 586 g/mol. The van der Waals surface area contributed by atoms with Crippen LogP contribution >= 0.6 is 11.6 Å². The Morgan fingerprint density at radius 3 is 2.40 bits per heavy atom. The van der Waals surface area contributed by atoms with E-state index in [-0.39, 0.29) is 11.3 Å². The van der Waals surface area contributed by atoms with Crippen LogP contribution in [0.2, 0.25) is 5.15 Å². The predicted octanol–water partition coefficient (Wildman–Crippen LogP) is 4.04. The minimum absolute atomic E-state index is 0.113. The monoisotopic (exact) mass is 624 g/mol. The highest BCUT2D eigenvalue weighted by Crippen LogP contribution is 2.48. The molecule has 1 amide bonds. The van der Waals surface area contributed by atoms with E-state index in [9.17, 15) is 22.4 Å². The second-order valence-electron chi connectivity index (χ2n) is 12.5. The standard InChI is InChI=1S/C30H37ClFN3O.C2HF3O2/c31-27-12-11-23-28(34-27)25(32)13-15-30(23)19-33-18-24(30)29(36)35-16-14-22(20-7-3-1-4-8-20)17-26(35)21-9-5-2-6-10-21;3-2(4,5)1(6)7/h1,3-4,7-8,11-12,21-22,24-26,33H,2,5-6,9-10,13-19H2;(H,6,7)/p+1/t22-,24+,25-,26+,30+;/m1./s1. The number of carboxylic acid groups (broad SMARTS) is 1. The minimum Gasteiger partial charge on any atom is -0.542 e. The highest BCUT2D eigenvalue weighted by molar-refractivity contribution is 6.28. The van der Waals surface area contributed by atoms with Crippen LogP contribution in [0.1, 0.15) is 86.7 Å². The predicted molar refractivity (Wildman–Crippen MR) is 149 cm³/mol. The Labute approximate surface area is 254 Å². The van der Waals surface area contributed by atoms with E-state index in [1.165, 1.54) is 37.7 Å². The lowest BCUT2D eigenvalue weighted by atomic mass is 9.64. The molecule has 6 rings (SSSR count). The molecule has 2 saturated heterocycles. The van der Waals surface area contributed by atoms with E-state index < -0.39 is 18.3 Å². The van der Waals surface area contributed by atoms with E-state index >= 15 is 0 Å². The maximum Gasteiger partial charge on any atom is 0.430 e. The number of nitrogens with one attached hydrogen (secondary N) is 1. The highest BCUT2D eigenvalue weighted by Gasteiger charge is 2.58. The lowest BCUT2D eigenvalue weighted by molar-refractivity contribution is -0.640. The van der Waals surface area contributed by atoms with Crippen LogP contribution in [-0.4, -0.2) is 48.6 Å². The average Bonchev–Trinajstić information content (AvgIpc) is 3.43. The Morgan fingerprint density at radius 2 is 1.72 bits per heavy atom. The van der Waals surface area contributed by atoms with Crippen LogP contribution in [0, 0.1) is 11.8 Å². The van der Waals surface area contributed by atoms with Gasteiger partial charge in [0, 0.05) is 24.2 Å². The van der Waals surface area contributed by atoms with Gasteiger partial charge in [-0.2, -0.15) is 18.2 Å². The van der Waals surface area contributed by atoms with Crippen LogP contribution < -0.4 is 15.4 Å². The van der Waals surface area contributed by atoms with Crippen molar-refractivity contribution in [2.45, 2.75) is 87.5 Å². The van der Waals surface area contributed by atoms with E-state index in [1.54, 1.807) is 0 Å². The number of fused-ring (bicyclic) bond motifs is 2. The SMILES string of the molecule is O=C([C@@H]1C[NH2+]C[C@]12CC[C@@H](F)c1[nH+]c(Cl)ccc12)N1CC[C@@H](c2ccccc2)C[C@H]1C1CCCCC1.O=C([O-])C(F)(F)F. The molecule has 1 aromatic carbocycles. The molecule has 1 aromatic heterocycles. The fourth-order valence-corrected chi connectivity index (χ4v) is 8.24. The summed E-state index contributed by atoms with van der Waals surface area (Å²) in [6.45, 7) is 2.46. The number of rotatable bonds is 3. The Hall–Kier alpha value is -2.72. The molecule has 6 nitrogen and oxygen atoms in total. The zero-order valence-corrected chi connectivity index (χ0v) is 24.8. The Balaban J connectivity index is 0.000000472. The van der Waals surface area contributed by atoms with Crippen molar-refractivity contribution < 1.29 is 42.6 Å². The summed E-state index contributed by atoms with van der Waals surface area (Å²) in [7, 11) is 0. The van der Waals surface area contributed by atoms with Crippen molar-refractivity contribution in [1.29, 1.82) is 0 Å². The number of carboxylic acids is 1. The molecule has 0 unspecified atom stereocenters. The summed E-state index contributed by atoms with van der Waals surface area (Å²) in [5.74, 6) is -1.70. The summed E-state index contributed by atoms with van der Waals surface area (Å²) in [5, 5.41) is 11.5. The molecule has 1 spiro atoms. The number of amides is 1. The molecule has 43 heavy (non-hydrogen) atoms. The van der Waals surface area contributed by atoms with Crippen molar-refractivity contribution in [3.63, 3.8) is 0 Å². The number of benzene rings is 1. The normalized spacial score (nSPS) is 29.5. The molecule has 3 fully saturated rings. The van der Waals surface area contributed by atoms with Crippen LogP contribution in [-0.2, 0) is 15.0 Å². The number of H-pyrrole nitrogens is 1. The molecule has 234 valence electrons. The summed E-state index contributed by atoms with van der Waals surface area (Å²) < 4.78 is 46.5. The molecule has 2 aliphatic carbocycles. The van der Waals surface area contributed by atoms with Crippen molar-refractivity contribution in [1.82, 2.24) is 4.90 Å². The zero-order chi connectivity index (χ0) is 30.8. The maximum atomic E-state index is 15.0. The van der Waals surface area contributed by atoms with Crippen LogP contribution in [0.4, 0.5) is 17.6 Å². The summed E-state index contributed by atoms with van der Waals surface area (Å²) in [6.07, 6.45) is 3.37. The molecule has 11 heteroatoms. The molecule has 2 aromatic rings. The third-order valence-corrected chi connectivity index (χ3v) is 10.4. The van der Waals surface area contributed by atoms with E-state index in [0.717, 1.165) is 44.5 Å². The first-order valence-electron chi connectivity index (χ1n) is 15.3. The number of quaternary nitrogens is 1. The van der Waals surface area contributed by atoms with Gasteiger partial charge in [-0.25, -0.2) is 4.39 Å². The van der Waals surface area contributed by atoms with Gasteiger partial charge in [-0.05, 0) is 73.6 Å². The van der Waals surface area contributed by atoms with Crippen molar-refractivity contribution in [2.24, 2.45) is 11.8 Å². The van der Waals surface area contributed by atoms with Crippen LogP contribution in [0.25, 0.3) is 0 Å². The first kappa shape index (κ1) is 31.7. The highest BCUT2D eigenvalue weighted by atomic mass is 35.5. The zero-order valence-electron chi connectivity index (χ0n) is 24.1. The fraction of sp³-hybridized carbons (Fsp3) is 0.594. The van der Waals surface area contributed by atoms with E-state index in [4.69, 9.17) is 21.5 Å². The van der Waals surface area contributed by atoms with Crippen LogP contribution in [0.15, 0.2) is 42.5 Å². The summed E-state index contributed by atoms with van der Waals surface area (Å²) in [4.78, 5) is 28.7. The number of aromatic nitrogens is 1. The molecule has 2 aliphatic heterocycles. The van der Waals surface area contributed by atoms with Crippen molar-refractivity contribution >= 4 is 23.5 Å². The van der Waals surface area contributed by atoms with Crippen LogP contribution in [0.3, 0.4) is 0 Å². The molecule has 3 heterocycles. The number of likely N-dealkylation sites (tertiary alicyclic amines) is 1. The van der Waals surface area contributed by atoms with Gasteiger partial charge < -0.3 is 20.1 Å². The number of nitrogens with zero attached hydrogens (tertiary/aromatic N) is 1. The third-order valence-electron chi connectivity index (χ3n) is 10.1. The van der Waals surface area contributed by atoms with E-state index in [1.807, 2.05) is 12.1 Å². The molecule has 0 bridgehead atoms.